The van der Waals surface area contributed by atoms with Gasteiger partial charge in [0.2, 0.25) is 0 Å². The van der Waals surface area contributed by atoms with Crippen LogP contribution in [0.25, 0.3) is 0 Å². The predicted octanol–water partition coefficient (Wildman–Crippen LogP) is 3.22. The van der Waals surface area contributed by atoms with Crippen molar-refractivity contribution < 1.29 is 9.18 Å². The lowest BCUT2D eigenvalue weighted by molar-refractivity contribution is 0.0951. The largest absolute Gasteiger partial charge is 0.370 e. The molecule has 4 N–H and O–H groups in total. The lowest BCUT2D eigenvalue weighted by atomic mass is 10.1. The van der Waals surface area contributed by atoms with Crippen LogP contribution in [0.1, 0.15) is 21.5 Å². The molecule has 2 rings (SSSR count). The number of benzene rings is 2. The number of hydrogen-bond donors (Lipinski definition) is 3. The molecule has 5 nitrogen and oxygen atoms in total. The third-order valence-electron chi connectivity index (χ3n) is 3.58. The van der Waals surface area contributed by atoms with E-state index in [1.54, 1.807) is 6.07 Å². The molecule has 2 aromatic carbocycles. The van der Waals surface area contributed by atoms with E-state index >= 15 is 0 Å². The zero-order valence-corrected chi connectivity index (χ0v) is 16.5. The van der Waals surface area contributed by atoms with Crippen molar-refractivity contribution >= 4 is 41.5 Å². The summed E-state index contributed by atoms with van der Waals surface area (Å²) in [6.07, 6.45) is 0. The Balaban J connectivity index is 0.00000312. The van der Waals surface area contributed by atoms with E-state index in [1.807, 2.05) is 32.0 Å². The van der Waals surface area contributed by atoms with Crippen molar-refractivity contribution in [3.05, 3.63) is 65.0 Å². The van der Waals surface area contributed by atoms with Gasteiger partial charge in [0.25, 0.3) is 5.91 Å². The van der Waals surface area contributed by atoms with Crippen LogP contribution in [0, 0.1) is 19.7 Å². The SMILES string of the molecule is Cc1ccc(NC(N)=NCCNC(=O)c2ccccc2F)cc1C.I. The summed E-state index contributed by atoms with van der Waals surface area (Å²) in [5.41, 5.74) is 9.04. The minimum absolute atomic E-state index is 0. The number of carbonyl (C=O) groups is 1. The Morgan fingerprint density at radius 3 is 2.56 bits per heavy atom. The summed E-state index contributed by atoms with van der Waals surface area (Å²) in [5, 5.41) is 5.60. The Bertz CT molecular complexity index is 764. The number of rotatable bonds is 5. The van der Waals surface area contributed by atoms with E-state index in [-0.39, 0.29) is 42.0 Å². The topological polar surface area (TPSA) is 79.5 Å². The third-order valence-corrected chi connectivity index (χ3v) is 3.58. The summed E-state index contributed by atoms with van der Waals surface area (Å²) in [6.45, 7) is 4.62. The normalized spacial score (nSPS) is 10.8. The number of guanidine groups is 1. The van der Waals surface area contributed by atoms with Gasteiger partial charge < -0.3 is 16.4 Å². The van der Waals surface area contributed by atoms with E-state index in [0.717, 1.165) is 11.3 Å². The zero-order valence-electron chi connectivity index (χ0n) is 14.2. The van der Waals surface area contributed by atoms with Gasteiger partial charge in [0.15, 0.2) is 5.96 Å². The van der Waals surface area contributed by atoms with E-state index in [9.17, 15) is 9.18 Å². The summed E-state index contributed by atoms with van der Waals surface area (Å²) in [5.74, 6) is -0.753. The van der Waals surface area contributed by atoms with E-state index in [0.29, 0.717) is 6.54 Å². The van der Waals surface area contributed by atoms with Gasteiger partial charge in [0.05, 0.1) is 12.1 Å². The van der Waals surface area contributed by atoms with Gasteiger partial charge in [-0.3, -0.25) is 9.79 Å². The highest BCUT2D eigenvalue weighted by molar-refractivity contribution is 14.0. The summed E-state index contributed by atoms with van der Waals surface area (Å²) in [7, 11) is 0. The van der Waals surface area contributed by atoms with Crippen LogP contribution in [0.2, 0.25) is 0 Å². The second kappa shape index (κ2) is 9.97. The highest BCUT2D eigenvalue weighted by Gasteiger charge is 2.09. The van der Waals surface area contributed by atoms with Crippen LogP contribution in [0.3, 0.4) is 0 Å². The van der Waals surface area contributed by atoms with Crippen LogP contribution in [-0.2, 0) is 0 Å². The first-order valence-corrected chi connectivity index (χ1v) is 7.64. The monoisotopic (exact) mass is 456 g/mol. The molecular formula is C18H22FIN4O. The minimum Gasteiger partial charge on any atom is -0.370 e. The number of nitrogens with two attached hydrogens (primary N) is 1. The standard InChI is InChI=1S/C18H21FN4O.HI/c1-12-7-8-14(11-13(12)2)23-18(20)22-10-9-21-17(24)15-5-3-4-6-16(15)19;/h3-8,11H,9-10H2,1-2H3,(H,21,24)(H3,20,22,23);1H. The van der Waals surface area contributed by atoms with Gasteiger partial charge >= 0.3 is 0 Å². The molecule has 0 aliphatic carbocycles. The van der Waals surface area contributed by atoms with Crippen LogP contribution >= 0.6 is 24.0 Å². The quantitative estimate of drug-likeness (QED) is 0.280. The van der Waals surface area contributed by atoms with Crippen molar-refractivity contribution in [2.75, 3.05) is 18.4 Å². The molecule has 0 saturated heterocycles. The molecule has 0 atom stereocenters. The molecule has 0 saturated carbocycles. The fraction of sp³-hybridized carbons (Fsp3) is 0.222. The molecule has 0 fully saturated rings. The highest BCUT2D eigenvalue weighted by Crippen LogP contribution is 2.13. The summed E-state index contributed by atoms with van der Waals surface area (Å²) in [6, 6.07) is 11.7. The molecule has 2 aromatic rings. The third kappa shape index (κ3) is 6.33. The van der Waals surface area contributed by atoms with Crippen molar-refractivity contribution in [3.63, 3.8) is 0 Å². The Kier molecular flexibility index (Phi) is 8.33. The minimum atomic E-state index is -0.547. The number of aryl methyl sites for hydroxylation is 2. The Morgan fingerprint density at radius 2 is 1.88 bits per heavy atom. The van der Waals surface area contributed by atoms with Gasteiger partial charge in [0, 0.05) is 12.2 Å². The fourth-order valence-electron chi connectivity index (χ4n) is 2.09. The van der Waals surface area contributed by atoms with Gasteiger partial charge in [-0.25, -0.2) is 4.39 Å². The number of nitrogens with zero attached hydrogens (tertiary/aromatic N) is 1. The molecule has 0 heterocycles. The van der Waals surface area contributed by atoms with Crippen LogP contribution in [0.4, 0.5) is 10.1 Å². The molecule has 25 heavy (non-hydrogen) atoms. The van der Waals surface area contributed by atoms with Gasteiger partial charge in [0.1, 0.15) is 5.82 Å². The van der Waals surface area contributed by atoms with E-state index in [2.05, 4.69) is 15.6 Å². The molecule has 0 unspecified atom stereocenters. The van der Waals surface area contributed by atoms with Crippen LogP contribution in [-0.4, -0.2) is 25.0 Å². The Morgan fingerprint density at radius 1 is 1.16 bits per heavy atom. The number of nitrogens with one attached hydrogen (secondary N) is 2. The van der Waals surface area contributed by atoms with Crippen LogP contribution in [0.15, 0.2) is 47.5 Å². The summed E-state index contributed by atoms with van der Waals surface area (Å²) in [4.78, 5) is 16.0. The second-order valence-corrected chi connectivity index (χ2v) is 5.43. The maximum absolute atomic E-state index is 13.5. The molecule has 0 aromatic heterocycles. The van der Waals surface area contributed by atoms with E-state index in [1.165, 1.54) is 23.8 Å². The van der Waals surface area contributed by atoms with Crippen molar-refractivity contribution in [2.45, 2.75) is 13.8 Å². The molecular weight excluding hydrogens is 434 g/mol. The Hall–Kier alpha value is -2.16. The van der Waals surface area contributed by atoms with Crippen LogP contribution < -0.4 is 16.4 Å². The predicted molar refractivity (Wildman–Crippen MR) is 110 cm³/mol. The molecule has 0 aliphatic heterocycles. The first kappa shape index (κ1) is 20.9. The fourth-order valence-corrected chi connectivity index (χ4v) is 2.09. The molecule has 134 valence electrons. The number of amides is 1. The number of hydrogen-bond acceptors (Lipinski definition) is 2. The molecule has 0 radical (unpaired) electrons. The average molecular weight is 456 g/mol. The van der Waals surface area contributed by atoms with E-state index < -0.39 is 11.7 Å². The van der Waals surface area contributed by atoms with Crippen molar-refractivity contribution in [2.24, 2.45) is 10.7 Å². The summed E-state index contributed by atoms with van der Waals surface area (Å²) >= 11 is 0. The molecule has 0 spiro atoms. The molecule has 7 heteroatoms. The Labute approximate surface area is 163 Å². The van der Waals surface area contributed by atoms with Crippen molar-refractivity contribution in [1.29, 1.82) is 0 Å². The number of carbonyl (C=O) groups excluding carboxylic acids is 1. The van der Waals surface area contributed by atoms with Gasteiger partial charge in [-0.2, -0.15) is 0 Å². The maximum Gasteiger partial charge on any atom is 0.254 e. The first-order chi connectivity index (χ1) is 11.5. The highest BCUT2D eigenvalue weighted by atomic mass is 127. The lowest BCUT2D eigenvalue weighted by Gasteiger charge is -2.08. The van der Waals surface area contributed by atoms with Crippen LogP contribution in [0.5, 0.6) is 0 Å². The van der Waals surface area contributed by atoms with E-state index in [4.69, 9.17) is 5.73 Å². The maximum atomic E-state index is 13.5. The number of aliphatic imine (C=N–C) groups is 1. The number of anilines is 1. The first-order valence-electron chi connectivity index (χ1n) is 7.64. The average Bonchev–Trinajstić information content (AvgIpc) is 2.55. The van der Waals surface area contributed by atoms with Gasteiger partial charge in [-0.05, 0) is 49.2 Å². The zero-order chi connectivity index (χ0) is 17.5. The smallest absolute Gasteiger partial charge is 0.254 e. The molecule has 1 amide bonds. The van der Waals surface area contributed by atoms with Crippen molar-refractivity contribution in [1.82, 2.24) is 5.32 Å². The second-order valence-electron chi connectivity index (χ2n) is 5.43. The molecule has 0 aliphatic rings. The number of halogens is 2. The molecule has 0 bridgehead atoms. The van der Waals surface area contributed by atoms with Crippen molar-refractivity contribution in [3.8, 4) is 0 Å². The lowest BCUT2D eigenvalue weighted by Crippen LogP contribution is -2.29. The van der Waals surface area contributed by atoms with Gasteiger partial charge in [-0.15, -0.1) is 24.0 Å². The summed E-state index contributed by atoms with van der Waals surface area (Å²) < 4.78 is 13.5. The van der Waals surface area contributed by atoms with Gasteiger partial charge in [-0.1, -0.05) is 18.2 Å².